The van der Waals surface area contributed by atoms with E-state index in [1.54, 1.807) is 0 Å². The molecule has 7 aromatic carbocycles. The summed E-state index contributed by atoms with van der Waals surface area (Å²) in [5, 5.41) is 2.68. The van der Waals surface area contributed by atoms with Crippen molar-refractivity contribution in [2.75, 3.05) is 4.90 Å². The van der Waals surface area contributed by atoms with Crippen LogP contribution in [0.15, 0.2) is 176 Å². The summed E-state index contributed by atoms with van der Waals surface area (Å²) in [5.74, 6) is 0. The molecule has 53 heavy (non-hydrogen) atoms. The summed E-state index contributed by atoms with van der Waals surface area (Å²) in [4.78, 5) is 2.41. The fourth-order valence-electron chi connectivity index (χ4n) is 8.46. The highest BCUT2D eigenvalue weighted by Gasteiger charge is 2.36. The molecule has 2 aliphatic carbocycles. The highest BCUT2D eigenvalue weighted by Crippen LogP contribution is 2.52. The topological polar surface area (TPSA) is 3.24 Å². The zero-order valence-corrected chi connectivity index (χ0v) is 30.8. The lowest BCUT2D eigenvalue weighted by Crippen LogP contribution is -2.16. The SMILES string of the molecule is CC1(C)c2cc(-c3ccc4sc5ccccc5c4c3)ccc2-c2ccc(N(c3ccc(C4=CCCC=C4)cc3)c3ccc(-c4ccccc4)cc3)cc21. The number of fused-ring (bicyclic) bond motifs is 6. The van der Waals surface area contributed by atoms with E-state index >= 15 is 0 Å². The van der Waals surface area contributed by atoms with Gasteiger partial charge < -0.3 is 4.90 Å². The Balaban J connectivity index is 1.04. The Labute approximate surface area is 315 Å². The second kappa shape index (κ2) is 12.6. The molecule has 10 rings (SSSR count). The largest absolute Gasteiger partial charge is 0.310 e. The predicted octanol–water partition coefficient (Wildman–Crippen LogP) is 14.9. The molecule has 0 N–H and O–H groups in total. The Morgan fingerprint density at radius 3 is 1.81 bits per heavy atom. The standard InChI is InChI=1S/C51H39NS/c1-51(2)47-32-39(38-22-30-50-46(31-38)45-15-9-10-16-49(45)53-50)21-28-43(47)44-29-27-42(33-48(44)51)52(40-23-17-36(18-24-40)34-11-5-3-6-12-34)41-25-19-37(20-26-41)35-13-7-4-8-14-35/h3,5-7,9-33H,4,8H2,1-2H3. The van der Waals surface area contributed by atoms with E-state index in [0.717, 1.165) is 29.9 Å². The lowest BCUT2D eigenvalue weighted by atomic mass is 9.81. The molecular weight excluding hydrogens is 659 g/mol. The number of rotatable bonds is 6. The minimum Gasteiger partial charge on any atom is -0.310 e. The smallest absolute Gasteiger partial charge is 0.0465 e. The molecule has 0 spiro atoms. The van der Waals surface area contributed by atoms with Crippen molar-refractivity contribution in [1.82, 2.24) is 0 Å². The molecule has 0 aliphatic heterocycles. The Morgan fingerprint density at radius 1 is 0.472 bits per heavy atom. The average molecular weight is 698 g/mol. The first-order valence-corrected chi connectivity index (χ1v) is 19.5. The molecule has 0 bridgehead atoms. The lowest BCUT2D eigenvalue weighted by molar-refractivity contribution is 0.660. The lowest BCUT2D eigenvalue weighted by Gasteiger charge is -2.28. The molecule has 0 atom stereocenters. The van der Waals surface area contributed by atoms with Gasteiger partial charge in [0.15, 0.2) is 0 Å². The van der Waals surface area contributed by atoms with E-state index in [2.05, 4.69) is 195 Å². The Hall–Kier alpha value is -5.96. The van der Waals surface area contributed by atoms with Gasteiger partial charge in [0.05, 0.1) is 0 Å². The van der Waals surface area contributed by atoms with Gasteiger partial charge >= 0.3 is 0 Å². The van der Waals surface area contributed by atoms with E-state index in [-0.39, 0.29) is 5.41 Å². The van der Waals surface area contributed by atoms with Crippen LogP contribution in [0.25, 0.3) is 59.1 Å². The molecule has 0 saturated heterocycles. The highest BCUT2D eigenvalue weighted by molar-refractivity contribution is 7.25. The van der Waals surface area contributed by atoms with Crippen molar-refractivity contribution in [3.8, 4) is 33.4 Å². The van der Waals surface area contributed by atoms with Crippen molar-refractivity contribution in [2.24, 2.45) is 0 Å². The first kappa shape index (κ1) is 31.7. The predicted molar refractivity (Wildman–Crippen MR) is 229 cm³/mol. The minimum atomic E-state index is -0.164. The Bertz CT molecular complexity index is 2730. The van der Waals surface area contributed by atoms with Crippen molar-refractivity contribution in [3.63, 3.8) is 0 Å². The molecule has 2 heteroatoms. The monoisotopic (exact) mass is 697 g/mol. The molecule has 0 fully saturated rings. The van der Waals surface area contributed by atoms with Crippen LogP contribution in [0.3, 0.4) is 0 Å². The fourth-order valence-corrected chi connectivity index (χ4v) is 9.55. The number of anilines is 3. The van der Waals surface area contributed by atoms with E-state index in [1.165, 1.54) is 75.8 Å². The number of benzene rings is 7. The van der Waals surface area contributed by atoms with E-state index in [9.17, 15) is 0 Å². The van der Waals surface area contributed by atoms with Crippen molar-refractivity contribution in [1.29, 1.82) is 0 Å². The van der Waals surface area contributed by atoms with Crippen LogP contribution in [0.5, 0.6) is 0 Å². The molecule has 254 valence electrons. The third-order valence-corrected chi connectivity index (χ3v) is 12.5. The number of hydrogen-bond donors (Lipinski definition) is 0. The summed E-state index contributed by atoms with van der Waals surface area (Å²) in [6.45, 7) is 4.78. The maximum atomic E-state index is 2.44. The number of allylic oxidation sites excluding steroid dienone is 4. The van der Waals surface area contributed by atoms with Crippen LogP contribution in [-0.4, -0.2) is 0 Å². The molecule has 8 aromatic rings. The molecule has 0 saturated carbocycles. The summed E-state index contributed by atoms with van der Waals surface area (Å²) in [5.41, 5.74) is 16.2. The fraction of sp³-hybridized carbons (Fsp3) is 0.0980. The van der Waals surface area contributed by atoms with Crippen LogP contribution in [0.1, 0.15) is 43.4 Å². The van der Waals surface area contributed by atoms with Gasteiger partial charge in [0.25, 0.3) is 0 Å². The third-order valence-electron chi connectivity index (χ3n) is 11.3. The Morgan fingerprint density at radius 2 is 1.06 bits per heavy atom. The van der Waals surface area contributed by atoms with Gasteiger partial charge in [0.2, 0.25) is 0 Å². The second-order valence-electron chi connectivity index (χ2n) is 14.9. The van der Waals surface area contributed by atoms with Crippen molar-refractivity contribution in [3.05, 3.63) is 193 Å². The van der Waals surface area contributed by atoms with Gasteiger partial charge in [-0.2, -0.15) is 0 Å². The maximum absolute atomic E-state index is 2.44. The van der Waals surface area contributed by atoms with Gasteiger partial charge in [-0.25, -0.2) is 0 Å². The van der Waals surface area contributed by atoms with Crippen molar-refractivity contribution in [2.45, 2.75) is 32.1 Å². The van der Waals surface area contributed by atoms with Crippen LogP contribution in [0, 0.1) is 0 Å². The zero-order chi connectivity index (χ0) is 35.5. The quantitative estimate of drug-likeness (QED) is 0.167. The molecule has 0 amide bonds. The van der Waals surface area contributed by atoms with Crippen LogP contribution >= 0.6 is 11.3 Å². The van der Waals surface area contributed by atoms with Gasteiger partial charge in [-0.1, -0.05) is 129 Å². The maximum Gasteiger partial charge on any atom is 0.0465 e. The molecule has 2 aliphatic rings. The first-order valence-electron chi connectivity index (χ1n) is 18.7. The number of hydrogen-bond acceptors (Lipinski definition) is 2. The average Bonchev–Trinajstić information content (AvgIpc) is 3.70. The summed E-state index contributed by atoms with van der Waals surface area (Å²) in [6, 6.07) is 58.6. The molecule has 1 nitrogen and oxygen atoms in total. The normalized spacial score (nSPS) is 14.3. The van der Waals surface area contributed by atoms with Gasteiger partial charge in [0, 0.05) is 42.6 Å². The van der Waals surface area contributed by atoms with Gasteiger partial charge in [-0.15, -0.1) is 11.3 Å². The molecule has 0 radical (unpaired) electrons. The van der Waals surface area contributed by atoms with E-state index < -0.39 is 0 Å². The molecule has 1 aromatic heterocycles. The van der Waals surface area contributed by atoms with E-state index in [1.807, 2.05) is 11.3 Å². The molecule has 0 unspecified atom stereocenters. The summed E-state index contributed by atoms with van der Waals surface area (Å²) < 4.78 is 2.69. The van der Waals surface area contributed by atoms with E-state index in [4.69, 9.17) is 0 Å². The summed E-state index contributed by atoms with van der Waals surface area (Å²) in [6.07, 6.45) is 9.11. The number of nitrogens with zero attached hydrogens (tertiary/aromatic N) is 1. The van der Waals surface area contributed by atoms with Crippen molar-refractivity contribution >= 4 is 54.1 Å². The second-order valence-corrected chi connectivity index (χ2v) is 15.9. The van der Waals surface area contributed by atoms with E-state index in [0.29, 0.717) is 0 Å². The van der Waals surface area contributed by atoms with Gasteiger partial charge in [0.1, 0.15) is 0 Å². The van der Waals surface area contributed by atoms with Gasteiger partial charge in [-0.05, 0) is 129 Å². The van der Waals surface area contributed by atoms with Crippen LogP contribution in [0.2, 0.25) is 0 Å². The molecular formula is C51H39NS. The van der Waals surface area contributed by atoms with Crippen LogP contribution in [-0.2, 0) is 5.41 Å². The summed E-state index contributed by atoms with van der Waals surface area (Å²) in [7, 11) is 0. The van der Waals surface area contributed by atoms with Crippen LogP contribution in [0.4, 0.5) is 17.1 Å². The van der Waals surface area contributed by atoms with Gasteiger partial charge in [-0.3, -0.25) is 0 Å². The summed E-state index contributed by atoms with van der Waals surface area (Å²) >= 11 is 1.87. The first-order chi connectivity index (χ1) is 26.0. The van der Waals surface area contributed by atoms with Crippen LogP contribution < -0.4 is 4.90 Å². The molecule has 1 heterocycles. The number of thiophene rings is 1. The highest BCUT2D eigenvalue weighted by atomic mass is 32.1. The Kier molecular flexibility index (Phi) is 7.56. The minimum absolute atomic E-state index is 0.164. The third kappa shape index (κ3) is 5.45. The zero-order valence-electron chi connectivity index (χ0n) is 30.0. The van der Waals surface area contributed by atoms with Crippen molar-refractivity contribution < 1.29 is 0 Å².